The Kier molecular flexibility index (Phi) is 11.4. The molecule has 1 atom stereocenters. The third kappa shape index (κ3) is 7.07. The van der Waals surface area contributed by atoms with Crippen LogP contribution in [0.4, 0.5) is 0 Å². The van der Waals surface area contributed by atoms with Gasteiger partial charge in [0, 0.05) is 48.8 Å². The van der Waals surface area contributed by atoms with Crippen LogP contribution in [0.2, 0.25) is 0 Å². The van der Waals surface area contributed by atoms with Crippen molar-refractivity contribution in [3.05, 3.63) is 122 Å². The molecule has 0 aromatic heterocycles. The maximum Gasteiger partial charge on any atom is 0.163 e. The van der Waals surface area contributed by atoms with Gasteiger partial charge in [-0.3, -0.25) is 14.4 Å². The Morgan fingerprint density at radius 1 is 0.500 bits per heavy atom. The van der Waals surface area contributed by atoms with E-state index >= 15 is 0 Å². The van der Waals surface area contributed by atoms with Crippen LogP contribution >= 0.6 is 0 Å². The number of aromatic hydroxyl groups is 3. The summed E-state index contributed by atoms with van der Waals surface area (Å²) in [5.41, 5.74) is 4.09. The van der Waals surface area contributed by atoms with Gasteiger partial charge < -0.3 is 29.5 Å². The number of methoxy groups -OCH3 is 3. The maximum atomic E-state index is 12.8. The van der Waals surface area contributed by atoms with Crippen LogP contribution < -0.4 is 0 Å². The van der Waals surface area contributed by atoms with Crippen LogP contribution in [0.15, 0.2) is 60.7 Å². The number of phenolic OH excluding ortho intramolecular Hbond substituents is 3. The fourth-order valence-corrected chi connectivity index (χ4v) is 6.52. The summed E-state index contributed by atoms with van der Waals surface area (Å²) >= 11 is 0. The zero-order valence-electron chi connectivity index (χ0n) is 30.2. The normalized spacial score (nSPS) is 12.8. The zero-order chi connectivity index (χ0) is 37.1. The molecule has 0 aliphatic heterocycles. The van der Waals surface area contributed by atoms with Gasteiger partial charge in [0.05, 0.1) is 36.5 Å². The second-order valence-corrected chi connectivity index (χ2v) is 13.4. The van der Waals surface area contributed by atoms with Gasteiger partial charge in [0.1, 0.15) is 17.2 Å². The highest BCUT2D eigenvalue weighted by atomic mass is 16.5. The summed E-state index contributed by atoms with van der Waals surface area (Å²) in [6.45, 7) is 10.4. The van der Waals surface area contributed by atoms with Gasteiger partial charge in [0.2, 0.25) is 0 Å². The maximum absolute atomic E-state index is 12.8. The lowest BCUT2D eigenvalue weighted by atomic mass is 9.68. The predicted molar refractivity (Wildman–Crippen MR) is 191 cm³/mol. The first-order chi connectivity index (χ1) is 23.5. The lowest BCUT2D eigenvalue weighted by Crippen LogP contribution is -2.27. The van der Waals surface area contributed by atoms with E-state index in [1.54, 1.807) is 32.4 Å². The molecule has 0 aliphatic carbocycles. The lowest BCUT2D eigenvalue weighted by Gasteiger charge is -2.35. The molecule has 0 saturated heterocycles. The van der Waals surface area contributed by atoms with Crippen molar-refractivity contribution in [1.82, 2.24) is 0 Å². The van der Waals surface area contributed by atoms with Crippen LogP contribution in [-0.4, -0.2) is 54.0 Å². The van der Waals surface area contributed by atoms with E-state index in [0.717, 1.165) is 16.7 Å². The summed E-state index contributed by atoms with van der Waals surface area (Å²) in [4.78, 5) is 37.7. The van der Waals surface area contributed by atoms with Gasteiger partial charge in [-0.05, 0) is 91.9 Å². The Bertz CT molecular complexity index is 1880. The van der Waals surface area contributed by atoms with Gasteiger partial charge in [0.15, 0.2) is 17.3 Å². The Balaban J connectivity index is 2.02. The minimum atomic E-state index is -0.954. The average Bonchev–Trinajstić information content (AvgIpc) is 3.06. The second-order valence-electron chi connectivity index (χ2n) is 13.4. The van der Waals surface area contributed by atoms with E-state index in [1.165, 1.54) is 27.9 Å². The molecule has 0 bridgehead atoms. The number of ether oxygens (including phenoxy) is 3. The number of hydrogen-bond acceptors (Lipinski definition) is 9. The van der Waals surface area contributed by atoms with Gasteiger partial charge >= 0.3 is 0 Å². The number of carbonyl (C=O) groups excluding carboxylic acids is 3. The second kappa shape index (κ2) is 15.0. The third-order valence-corrected chi connectivity index (χ3v) is 9.66. The van der Waals surface area contributed by atoms with Gasteiger partial charge in [-0.15, -0.1) is 0 Å². The smallest absolute Gasteiger partial charge is 0.163 e. The van der Waals surface area contributed by atoms with Crippen molar-refractivity contribution in [2.75, 3.05) is 21.3 Å². The molecule has 264 valence electrons. The van der Waals surface area contributed by atoms with Crippen molar-refractivity contribution in [2.24, 2.45) is 0 Å². The number of ketones is 3. The molecule has 0 heterocycles. The molecule has 0 radical (unpaired) electrons. The van der Waals surface area contributed by atoms with E-state index < -0.39 is 10.8 Å². The van der Waals surface area contributed by atoms with Crippen LogP contribution in [0.5, 0.6) is 17.2 Å². The molecule has 0 saturated carbocycles. The molecule has 9 heteroatoms. The molecule has 0 aliphatic rings. The largest absolute Gasteiger partial charge is 0.507 e. The molecule has 1 unspecified atom stereocenters. The van der Waals surface area contributed by atoms with Crippen LogP contribution in [-0.2, 0) is 44.9 Å². The van der Waals surface area contributed by atoms with E-state index in [9.17, 15) is 29.7 Å². The summed E-state index contributed by atoms with van der Waals surface area (Å²) in [5.74, 6) is -1.41. The van der Waals surface area contributed by atoms with Gasteiger partial charge in [-0.25, -0.2) is 0 Å². The van der Waals surface area contributed by atoms with Gasteiger partial charge in [0.25, 0.3) is 0 Å². The first-order valence-corrected chi connectivity index (χ1v) is 16.2. The summed E-state index contributed by atoms with van der Waals surface area (Å²) in [5, 5.41) is 32.8. The van der Waals surface area contributed by atoms with E-state index in [1.807, 2.05) is 63.2 Å². The van der Waals surface area contributed by atoms with E-state index in [0.29, 0.717) is 27.8 Å². The van der Waals surface area contributed by atoms with Crippen LogP contribution in [0.1, 0.15) is 117 Å². The van der Waals surface area contributed by atoms with Crippen molar-refractivity contribution >= 4 is 17.3 Å². The van der Waals surface area contributed by atoms with Crippen molar-refractivity contribution < 1.29 is 43.9 Å². The molecule has 0 spiro atoms. The van der Waals surface area contributed by atoms with Crippen molar-refractivity contribution in [2.45, 2.75) is 72.2 Å². The zero-order valence-corrected chi connectivity index (χ0v) is 30.2. The first-order valence-electron chi connectivity index (χ1n) is 16.2. The van der Waals surface area contributed by atoms with E-state index in [2.05, 4.69) is 0 Å². The number of phenols is 3. The highest BCUT2D eigenvalue weighted by molar-refractivity contribution is 6.04. The molecular weight excluding hydrogens is 636 g/mol. The molecule has 4 aromatic rings. The van der Waals surface area contributed by atoms with Crippen molar-refractivity contribution in [3.8, 4) is 17.2 Å². The molecule has 4 aromatic carbocycles. The minimum absolute atomic E-state index is 0.0656. The van der Waals surface area contributed by atoms with Gasteiger partial charge in [-0.1, -0.05) is 38.1 Å². The standard InChI is InChI=1S/C41H46O9/c1-23(42)34-19-33(16-28(22-50-9)38(34)46)41(6,32-14-26(20-48-7)37(45)27(15-32)21-49-8)30-12-10-29(11-13-30)40(4,5)31-17-35(24(2)43)39(47)36(18-31)25(3)44/h10-19,45-47H,20-22H2,1-9H3. The lowest BCUT2D eigenvalue weighted by molar-refractivity contribution is 0.0997. The Morgan fingerprint density at radius 3 is 1.24 bits per heavy atom. The Morgan fingerprint density at radius 2 is 0.840 bits per heavy atom. The van der Waals surface area contributed by atoms with Crippen molar-refractivity contribution in [1.29, 1.82) is 0 Å². The summed E-state index contributed by atoms with van der Waals surface area (Å²) < 4.78 is 16.3. The van der Waals surface area contributed by atoms with Crippen LogP contribution in [0.3, 0.4) is 0 Å². The number of benzene rings is 4. The summed E-state index contributed by atoms with van der Waals surface area (Å²) in [6, 6.07) is 18.4. The summed E-state index contributed by atoms with van der Waals surface area (Å²) in [7, 11) is 4.61. The molecule has 4 rings (SSSR count). The SMILES string of the molecule is COCc1cc(C(C)(c2ccc(C(C)(C)c3cc(C(C)=O)c(O)c(C(C)=O)c3)cc2)c2cc(COC)c(O)c(C(C)=O)c2)cc(COC)c1O. The van der Waals surface area contributed by atoms with Crippen LogP contribution in [0.25, 0.3) is 0 Å². The Labute approximate surface area is 293 Å². The number of carbonyl (C=O) groups is 3. The Hall–Kier alpha value is -4.83. The third-order valence-electron chi connectivity index (χ3n) is 9.66. The molecular formula is C41H46O9. The quantitative estimate of drug-likeness (QED) is 0.0910. The number of Topliss-reactive ketones (excluding diaryl/α,β-unsaturated/α-hetero) is 3. The summed E-state index contributed by atoms with van der Waals surface area (Å²) in [6.07, 6.45) is 0. The highest BCUT2D eigenvalue weighted by Gasteiger charge is 2.36. The van der Waals surface area contributed by atoms with Crippen LogP contribution in [0, 0.1) is 0 Å². The fraction of sp³-hybridized carbons (Fsp3) is 0.341. The highest BCUT2D eigenvalue weighted by Crippen LogP contribution is 2.45. The molecule has 0 amide bonds. The molecule has 3 N–H and O–H groups in total. The fourth-order valence-electron chi connectivity index (χ4n) is 6.52. The van der Waals surface area contributed by atoms with Crippen molar-refractivity contribution in [3.63, 3.8) is 0 Å². The number of rotatable bonds is 14. The monoisotopic (exact) mass is 682 g/mol. The molecule has 50 heavy (non-hydrogen) atoms. The minimum Gasteiger partial charge on any atom is -0.507 e. The number of hydrogen-bond donors (Lipinski definition) is 3. The van der Waals surface area contributed by atoms with Gasteiger partial charge in [-0.2, -0.15) is 0 Å². The van der Waals surface area contributed by atoms with E-state index in [4.69, 9.17) is 14.2 Å². The molecule has 0 fully saturated rings. The average molecular weight is 683 g/mol. The molecule has 9 nitrogen and oxygen atoms in total. The first kappa shape index (κ1) is 38.0. The van der Waals surface area contributed by atoms with E-state index in [-0.39, 0.29) is 71.1 Å². The predicted octanol–water partition coefficient (Wildman–Crippen LogP) is 7.53. The topological polar surface area (TPSA) is 140 Å².